The summed E-state index contributed by atoms with van der Waals surface area (Å²) in [6.45, 7) is 5.06. The van der Waals surface area contributed by atoms with E-state index in [1.807, 2.05) is 30.3 Å². The van der Waals surface area contributed by atoms with Gasteiger partial charge < -0.3 is 20.7 Å². The van der Waals surface area contributed by atoms with Crippen molar-refractivity contribution >= 4 is 23.4 Å². The van der Waals surface area contributed by atoms with E-state index in [9.17, 15) is 14.4 Å². The number of carbonyl (C=O) groups is 3. The summed E-state index contributed by atoms with van der Waals surface area (Å²) in [6, 6.07) is 10.8. The fraction of sp³-hybridized carbons (Fsp3) is 0.400. The topological polar surface area (TPSA) is 114 Å². The molecular formula is C25H28N4O4. The van der Waals surface area contributed by atoms with Gasteiger partial charge >= 0.3 is 0 Å². The van der Waals surface area contributed by atoms with Crippen molar-refractivity contribution < 1.29 is 19.1 Å². The Balaban J connectivity index is 1.37. The first kappa shape index (κ1) is 21.5. The van der Waals surface area contributed by atoms with Crippen molar-refractivity contribution in [2.24, 2.45) is 0 Å². The molecule has 1 fully saturated rings. The Bertz CT molecular complexity index is 1160. The van der Waals surface area contributed by atoms with Crippen LogP contribution >= 0.6 is 0 Å². The molecule has 33 heavy (non-hydrogen) atoms. The molecule has 8 nitrogen and oxygen atoms in total. The van der Waals surface area contributed by atoms with Crippen LogP contribution < -0.4 is 21.1 Å². The summed E-state index contributed by atoms with van der Waals surface area (Å²) in [5.74, 6) is -0.0153. The number of carbonyl (C=O) groups excluding carboxylic acids is 3. The van der Waals surface area contributed by atoms with Crippen LogP contribution in [0.1, 0.15) is 66.2 Å². The molecule has 5 rings (SSSR count). The molecule has 3 heterocycles. The van der Waals surface area contributed by atoms with Gasteiger partial charge in [-0.2, -0.15) is 0 Å². The lowest BCUT2D eigenvalue weighted by atomic mass is 9.89. The second-order valence-corrected chi connectivity index (χ2v) is 9.64. The highest BCUT2D eigenvalue weighted by Crippen LogP contribution is 2.40. The molecule has 0 aliphatic carbocycles. The second kappa shape index (κ2) is 7.88. The number of hydrogen-bond donors (Lipinski definition) is 3. The molecule has 4 N–H and O–H groups in total. The molecule has 8 heteroatoms. The molecule has 0 radical (unpaired) electrons. The largest absolute Gasteiger partial charge is 0.487 e. The van der Waals surface area contributed by atoms with E-state index in [2.05, 4.69) is 24.5 Å². The molecule has 2 atom stereocenters. The third-order valence-corrected chi connectivity index (χ3v) is 6.71. The molecule has 2 aromatic rings. The van der Waals surface area contributed by atoms with Crippen molar-refractivity contribution in [3.8, 4) is 5.75 Å². The third-order valence-electron chi connectivity index (χ3n) is 6.71. The fourth-order valence-electron chi connectivity index (χ4n) is 5.10. The van der Waals surface area contributed by atoms with Gasteiger partial charge in [0.2, 0.25) is 11.8 Å². The van der Waals surface area contributed by atoms with Crippen molar-refractivity contribution in [3.63, 3.8) is 0 Å². The number of nitrogens with one attached hydrogen (secondary N) is 2. The Hall–Kier alpha value is -3.39. The molecule has 172 valence electrons. The van der Waals surface area contributed by atoms with E-state index in [0.29, 0.717) is 30.8 Å². The number of amides is 3. The third kappa shape index (κ3) is 3.95. The summed E-state index contributed by atoms with van der Waals surface area (Å²) in [4.78, 5) is 38.5. The van der Waals surface area contributed by atoms with E-state index >= 15 is 0 Å². The summed E-state index contributed by atoms with van der Waals surface area (Å²) in [5, 5.41) is 5.99. The summed E-state index contributed by atoms with van der Waals surface area (Å²) < 4.78 is 6.13. The van der Waals surface area contributed by atoms with E-state index in [0.717, 1.165) is 28.9 Å². The minimum absolute atomic E-state index is 0.0476. The SMILES string of the molecule is CC1(C)CC(NCc2cccc3c2CN(C2CCC(=O)NC2=O)C3=O)c2cc(N)ccc2O1. The van der Waals surface area contributed by atoms with E-state index in [-0.39, 0.29) is 29.9 Å². The Morgan fingerprint density at radius 3 is 2.82 bits per heavy atom. The number of ether oxygens (including phenoxy) is 1. The van der Waals surface area contributed by atoms with Crippen LogP contribution in [0.25, 0.3) is 0 Å². The summed E-state index contributed by atoms with van der Waals surface area (Å²) >= 11 is 0. The van der Waals surface area contributed by atoms with Gasteiger partial charge in [-0.3, -0.25) is 19.7 Å². The zero-order chi connectivity index (χ0) is 23.3. The number of benzene rings is 2. The maximum atomic E-state index is 13.1. The number of anilines is 1. The Morgan fingerprint density at radius 1 is 1.21 bits per heavy atom. The number of nitrogen functional groups attached to an aromatic ring is 1. The van der Waals surface area contributed by atoms with Crippen molar-refractivity contribution in [3.05, 3.63) is 58.7 Å². The number of fused-ring (bicyclic) bond motifs is 2. The van der Waals surface area contributed by atoms with Crippen LogP contribution in [0.3, 0.4) is 0 Å². The van der Waals surface area contributed by atoms with Gasteiger partial charge in [0.25, 0.3) is 5.91 Å². The predicted octanol–water partition coefficient (Wildman–Crippen LogP) is 2.42. The van der Waals surface area contributed by atoms with E-state index in [1.165, 1.54) is 0 Å². The zero-order valence-electron chi connectivity index (χ0n) is 18.8. The highest BCUT2D eigenvalue weighted by molar-refractivity contribution is 6.05. The van der Waals surface area contributed by atoms with Gasteiger partial charge in [-0.05, 0) is 55.7 Å². The molecule has 3 aliphatic heterocycles. The Kier molecular flexibility index (Phi) is 5.12. The van der Waals surface area contributed by atoms with Crippen molar-refractivity contribution in [2.45, 2.75) is 63.9 Å². The number of rotatable bonds is 4. The van der Waals surface area contributed by atoms with Gasteiger partial charge in [0.1, 0.15) is 17.4 Å². The number of hydrogen-bond acceptors (Lipinski definition) is 6. The molecule has 2 unspecified atom stereocenters. The van der Waals surface area contributed by atoms with Gasteiger partial charge in [-0.25, -0.2) is 0 Å². The smallest absolute Gasteiger partial charge is 0.255 e. The van der Waals surface area contributed by atoms with E-state index in [1.54, 1.807) is 11.0 Å². The molecule has 1 saturated heterocycles. The lowest BCUT2D eigenvalue weighted by molar-refractivity contribution is -0.136. The van der Waals surface area contributed by atoms with Crippen LogP contribution in [0.4, 0.5) is 5.69 Å². The van der Waals surface area contributed by atoms with Crippen LogP contribution in [0.15, 0.2) is 36.4 Å². The van der Waals surface area contributed by atoms with E-state index < -0.39 is 11.9 Å². The first-order valence-electron chi connectivity index (χ1n) is 11.3. The first-order chi connectivity index (χ1) is 15.7. The molecule has 0 saturated carbocycles. The number of imide groups is 1. The number of piperidine rings is 1. The Morgan fingerprint density at radius 2 is 2.03 bits per heavy atom. The summed E-state index contributed by atoms with van der Waals surface area (Å²) in [6.07, 6.45) is 1.38. The lowest BCUT2D eigenvalue weighted by Crippen LogP contribution is -2.52. The van der Waals surface area contributed by atoms with Crippen LogP contribution in [0.5, 0.6) is 5.75 Å². The average Bonchev–Trinajstić information content (AvgIpc) is 3.09. The Labute approximate surface area is 192 Å². The molecule has 0 bridgehead atoms. The van der Waals surface area contributed by atoms with Gasteiger partial charge in [-0.1, -0.05) is 12.1 Å². The fourth-order valence-corrected chi connectivity index (χ4v) is 5.10. The second-order valence-electron chi connectivity index (χ2n) is 9.64. The minimum Gasteiger partial charge on any atom is -0.487 e. The number of nitrogens with two attached hydrogens (primary N) is 1. The summed E-state index contributed by atoms with van der Waals surface area (Å²) in [7, 11) is 0. The van der Waals surface area contributed by atoms with Crippen molar-refractivity contribution in [1.29, 1.82) is 0 Å². The molecule has 2 aromatic carbocycles. The van der Waals surface area contributed by atoms with Crippen molar-refractivity contribution in [1.82, 2.24) is 15.5 Å². The highest BCUT2D eigenvalue weighted by atomic mass is 16.5. The standard InChI is InChI=1S/C25H28N4O4/c1-25(2)11-19(17-10-15(26)6-8-21(17)33-25)27-12-14-4-3-5-16-18(14)13-29(24(16)32)20-7-9-22(30)28-23(20)31/h3-6,8,10,19-20,27H,7,9,11-13,26H2,1-2H3,(H,28,30,31). The predicted molar refractivity (Wildman–Crippen MR) is 122 cm³/mol. The monoisotopic (exact) mass is 448 g/mol. The maximum Gasteiger partial charge on any atom is 0.255 e. The highest BCUT2D eigenvalue weighted by Gasteiger charge is 2.40. The lowest BCUT2D eigenvalue weighted by Gasteiger charge is -2.38. The van der Waals surface area contributed by atoms with Crippen molar-refractivity contribution in [2.75, 3.05) is 5.73 Å². The minimum atomic E-state index is -0.616. The van der Waals surface area contributed by atoms with Gasteiger partial charge in [0.15, 0.2) is 0 Å². The summed E-state index contributed by atoms with van der Waals surface area (Å²) in [5.41, 5.74) is 10.0. The molecular weight excluding hydrogens is 420 g/mol. The number of nitrogens with zero attached hydrogens (tertiary/aromatic N) is 1. The van der Waals surface area contributed by atoms with E-state index in [4.69, 9.17) is 10.5 Å². The van der Waals surface area contributed by atoms with Gasteiger partial charge in [-0.15, -0.1) is 0 Å². The molecule has 3 aliphatic rings. The molecule has 3 amide bonds. The van der Waals surface area contributed by atoms with Gasteiger partial charge in [0, 0.05) is 48.8 Å². The van der Waals surface area contributed by atoms with Gasteiger partial charge in [0.05, 0.1) is 0 Å². The zero-order valence-corrected chi connectivity index (χ0v) is 18.8. The maximum absolute atomic E-state index is 13.1. The first-order valence-corrected chi connectivity index (χ1v) is 11.3. The van der Waals surface area contributed by atoms with Crippen LogP contribution in [0.2, 0.25) is 0 Å². The van der Waals surface area contributed by atoms with Crippen LogP contribution in [0, 0.1) is 0 Å². The molecule has 0 spiro atoms. The quantitative estimate of drug-likeness (QED) is 0.489. The molecule has 0 aromatic heterocycles. The van der Waals surface area contributed by atoms with Crippen LogP contribution in [-0.4, -0.2) is 34.3 Å². The van der Waals surface area contributed by atoms with Crippen LogP contribution in [-0.2, 0) is 22.7 Å². The average molecular weight is 449 g/mol. The normalized spacial score (nSPS) is 23.6.